The monoisotopic (exact) mass is 422 g/mol. The first-order chi connectivity index (χ1) is 10.4. The van der Waals surface area contributed by atoms with E-state index in [-0.39, 0.29) is 24.0 Å². The van der Waals surface area contributed by atoms with E-state index in [4.69, 9.17) is 11.1 Å². The highest BCUT2D eigenvalue weighted by molar-refractivity contribution is 14.1. The van der Waals surface area contributed by atoms with E-state index in [2.05, 4.69) is 47.1 Å². The zero-order valence-electron chi connectivity index (χ0n) is 14.0. The Hall–Kier alpha value is -0.530. The SMILES string of the molecule is CCCC(CCC)C(NC(C)=O)[C@@H]1C[C@@H](I)C[C@H]1NC(=N)N. The molecule has 1 saturated carbocycles. The number of hydrogen-bond acceptors (Lipinski definition) is 2. The van der Waals surface area contributed by atoms with Gasteiger partial charge in [-0.3, -0.25) is 10.2 Å². The van der Waals surface area contributed by atoms with E-state index in [0.29, 0.717) is 15.8 Å². The number of carbonyl (C=O) groups excluding carboxylic acids is 1. The fourth-order valence-electron chi connectivity index (χ4n) is 3.82. The Morgan fingerprint density at radius 2 is 1.91 bits per heavy atom. The summed E-state index contributed by atoms with van der Waals surface area (Å²) in [6, 6.07) is 0.362. The molecule has 128 valence electrons. The molecule has 1 amide bonds. The molecule has 22 heavy (non-hydrogen) atoms. The molecule has 0 aliphatic heterocycles. The molecule has 0 bridgehead atoms. The maximum absolute atomic E-state index is 11.7. The highest BCUT2D eigenvalue weighted by atomic mass is 127. The van der Waals surface area contributed by atoms with Crippen molar-refractivity contribution in [2.45, 2.75) is 75.3 Å². The van der Waals surface area contributed by atoms with Crippen molar-refractivity contribution >= 4 is 34.5 Å². The van der Waals surface area contributed by atoms with Crippen LogP contribution in [0.25, 0.3) is 0 Å². The molecule has 0 aromatic heterocycles. The summed E-state index contributed by atoms with van der Waals surface area (Å²) in [7, 11) is 0. The standard InChI is InChI=1S/C16H31IN4O/c1-4-6-11(7-5-2)15(20-10(3)22)13-8-12(17)9-14(13)21-16(18)19/h11-15H,4-9H2,1-3H3,(H,20,22)(H4,18,19,21)/t12-,13-,14-,15?/m1/s1. The number of alkyl halides is 1. The van der Waals surface area contributed by atoms with E-state index in [1.54, 1.807) is 6.92 Å². The van der Waals surface area contributed by atoms with Crippen LogP contribution in [0.2, 0.25) is 0 Å². The molecule has 0 aromatic carbocycles. The average molecular weight is 422 g/mol. The molecule has 0 radical (unpaired) electrons. The predicted molar refractivity (Wildman–Crippen MR) is 100 cm³/mol. The highest BCUT2D eigenvalue weighted by Crippen LogP contribution is 2.37. The predicted octanol–water partition coefficient (Wildman–Crippen LogP) is 2.77. The fourth-order valence-corrected chi connectivity index (χ4v) is 4.96. The minimum Gasteiger partial charge on any atom is -0.370 e. The van der Waals surface area contributed by atoms with Crippen molar-refractivity contribution in [3.8, 4) is 0 Å². The quantitative estimate of drug-likeness (QED) is 0.210. The molecule has 1 aliphatic rings. The van der Waals surface area contributed by atoms with Crippen LogP contribution in [-0.2, 0) is 4.79 Å². The zero-order valence-corrected chi connectivity index (χ0v) is 16.2. The fraction of sp³-hybridized carbons (Fsp3) is 0.875. The van der Waals surface area contributed by atoms with Gasteiger partial charge in [0, 0.05) is 28.8 Å². The average Bonchev–Trinajstić information content (AvgIpc) is 2.75. The van der Waals surface area contributed by atoms with Crippen molar-refractivity contribution in [1.82, 2.24) is 10.6 Å². The van der Waals surface area contributed by atoms with Gasteiger partial charge in [0.1, 0.15) is 0 Å². The first-order valence-electron chi connectivity index (χ1n) is 8.40. The van der Waals surface area contributed by atoms with E-state index in [0.717, 1.165) is 38.5 Å². The summed E-state index contributed by atoms with van der Waals surface area (Å²) >= 11 is 2.48. The molecule has 0 heterocycles. The number of rotatable bonds is 8. The molecule has 5 N–H and O–H groups in total. The third-order valence-corrected chi connectivity index (χ3v) is 5.57. The van der Waals surface area contributed by atoms with Crippen LogP contribution in [0.5, 0.6) is 0 Å². The van der Waals surface area contributed by atoms with Crippen LogP contribution in [-0.4, -0.2) is 27.9 Å². The summed E-state index contributed by atoms with van der Waals surface area (Å²) in [5.74, 6) is 0.921. The van der Waals surface area contributed by atoms with Crippen LogP contribution >= 0.6 is 22.6 Å². The zero-order chi connectivity index (χ0) is 16.7. The van der Waals surface area contributed by atoms with Crippen molar-refractivity contribution in [2.24, 2.45) is 17.6 Å². The molecule has 0 aromatic rings. The molecule has 5 nitrogen and oxygen atoms in total. The van der Waals surface area contributed by atoms with Gasteiger partial charge in [0.25, 0.3) is 0 Å². The lowest BCUT2D eigenvalue weighted by Gasteiger charge is -2.35. The number of carbonyl (C=O) groups is 1. The van der Waals surface area contributed by atoms with Crippen LogP contribution in [0.1, 0.15) is 59.3 Å². The number of amides is 1. The van der Waals surface area contributed by atoms with Crippen LogP contribution in [0, 0.1) is 17.2 Å². The Balaban J connectivity index is 2.95. The number of guanidine groups is 1. The highest BCUT2D eigenvalue weighted by Gasteiger charge is 2.41. The maximum Gasteiger partial charge on any atom is 0.217 e. The third-order valence-electron chi connectivity index (χ3n) is 4.55. The molecule has 0 spiro atoms. The largest absolute Gasteiger partial charge is 0.370 e. The van der Waals surface area contributed by atoms with Gasteiger partial charge in [-0.2, -0.15) is 0 Å². The molecule has 1 rings (SSSR count). The van der Waals surface area contributed by atoms with E-state index in [1.165, 1.54) is 0 Å². The molecule has 1 aliphatic carbocycles. The normalized spacial score (nSPS) is 26.0. The minimum atomic E-state index is 0.0320. The van der Waals surface area contributed by atoms with Gasteiger partial charge in [0.15, 0.2) is 5.96 Å². The molecule has 1 unspecified atom stereocenters. The van der Waals surface area contributed by atoms with Crippen molar-refractivity contribution in [1.29, 1.82) is 5.41 Å². The van der Waals surface area contributed by atoms with Gasteiger partial charge >= 0.3 is 0 Å². The Morgan fingerprint density at radius 3 is 2.36 bits per heavy atom. The first-order valence-corrected chi connectivity index (χ1v) is 9.65. The van der Waals surface area contributed by atoms with Gasteiger partial charge in [-0.25, -0.2) is 0 Å². The van der Waals surface area contributed by atoms with Crippen LogP contribution in [0.4, 0.5) is 0 Å². The second-order valence-electron chi connectivity index (χ2n) is 6.46. The lowest BCUT2D eigenvalue weighted by Crippen LogP contribution is -2.52. The van der Waals surface area contributed by atoms with Crippen molar-refractivity contribution in [3.63, 3.8) is 0 Å². The Labute approximate surface area is 148 Å². The molecular weight excluding hydrogens is 391 g/mol. The summed E-state index contributed by atoms with van der Waals surface area (Å²) in [4.78, 5) is 11.7. The number of nitrogens with two attached hydrogens (primary N) is 1. The summed E-state index contributed by atoms with van der Waals surface area (Å²) in [6.07, 6.45) is 6.60. The number of nitrogens with one attached hydrogen (secondary N) is 3. The summed E-state index contributed by atoms with van der Waals surface area (Å²) < 4.78 is 0.569. The topological polar surface area (TPSA) is 91.0 Å². The maximum atomic E-state index is 11.7. The van der Waals surface area contributed by atoms with Gasteiger partial charge < -0.3 is 16.4 Å². The van der Waals surface area contributed by atoms with Crippen LogP contribution in [0.3, 0.4) is 0 Å². The number of hydrogen-bond donors (Lipinski definition) is 4. The molecule has 1 fully saturated rings. The van der Waals surface area contributed by atoms with Crippen molar-refractivity contribution in [2.75, 3.05) is 0 Å². The second-order valence-corrected chi connectivity index (χ2v) is 8.22. The van der Waals surface area contributed by atoms with Crippen molar-refractivity contribution in [3.05, 3.63) is 0 Å². The van der Waals surface area contributed by atoms with Gasteiger partial charge in [-0.15, -0.1) is 0 Å². The molecule has 0 saturated heterocycles. The minimum absolute atomic E-state index is 0.0320. The lowest BCUT2D eigenvalue weighted by molar-refractivity contribution is -0.120. The first kappa shape index (κ1) is 19.5. The van der Waals surface area contributed by atoms with E-state index < -0.39 is 0 Å². The number of halogens is 1. The Kier molecular flexibility index (Phi) is 8.49. The summed E-state index contributed by atoms with van der Waals surface area (Å²) in [6.45, 7) is 6.01. The van der Waals surface area contributed by atoms with Crippen LogP contribution in [0.15, 0.2) is 0 Å². The van der Waals surface area contributed by atoms with Crippen molar-refractivity contribution < 1.29 is 4.79 Å². The molecule has 4 atom stereocenters. The van der Waals surface area contributed by atoms with Crippen LogP contribution < -0.4 is 16.4 Å². The lowest BCUT2D eigenvalue weighted by atomic mass is 9.80. The smallest absolute Gasteiger partial charge is 0.217 e. The molecule has 6 heteroatoms. The van der Waals surface area contributed by atoms with Gasteiger partial charge in [-0.05, 0) is 31.6 Å². The van der Waals surface area contributed by atoms with Gasteiger partial charge in [-0.1, -0.05) is 49.3 Å². The third kappa shape index (κ3) is 5.93. The van der Waals surface area contributed by atoms with E-state index >= 15 is 0 Å². The Morgan fingerprint density at radius 1 is 1.32 bits per heavy atom. The summed E-state index contributed by atoms with van der Waals surface area (Å²) in [5, 5.41) is 13.9. The molecular formula is C16H31IN4O. The Bertz CT molecular complexity index is 371. The van der Waals surface area contributed by atoms with E-state index in [9.17, 15) is 4.79 Å². The van der Waals surface area contributed by atoms with Gasteiger partial charge in [0.05, 0.1) is 0 Å². The van der Waals surface area contributed by atoms with E-state index in [1.807, 2.05) is 0 Å². The van der Waals surface area contributed by atoms with Gasteiger partial charge in [0.2, 0.25) is 5.91 Å². The summed E-state index contributed by atoms with van der Waals surface area (Å²) in [5.41, 5.74) is 5.56. The second kappa shape index (κ2) is 9.57.